The van der Waals surface area contributed by atoms with Gasteiger partial charge >= 0.3 is 0 Å². The zero-order valence-corrected chi connectivity index (χ0v) is 12.6. The minimum absolute atomic E-state index is 0.218. The fraction of sp³-hybridized carbons (Fsp3) is 0.667. The first kappa shape index (κ1) is 14.1. The summed E-state index contributed by atoms with van der Waals surface area (Å²) in [5, 5.41) is 0. The molecule has 2 bridgehead atoms. The summed E-state index contributed by atoms with van der Waals surface area (Å²) in [6.45, 7) is 0.788. The first-order valence-electron chi connectivity index (χ1n) is 8.09. The normalized spacial score (nSPS) is 29.8. The van der Waals surface area contributed by atoms with Crippen molar-refractivity contribution in [2.24, 2.45) is 23.5 Å². The molecule has 0 radical (unpaired) electrons. The Labute approximate surface area is 122 Å². The van der Waals surface area contributed by atoms with Crippen LogP contribution in [0.1, 0.15) is 49.3 Å². The third-order valence-electron chi connectivity index (χ3n) is 5.44. The molecule has 0 aromatic heterocycles. The number of ether oxygens (including phenoxy) is 1. The lowest BCUT2D eigenvalue weighted by molar-refractivity contribution is 0.202. The summed E-state index contributed by atoms with van der Waals surface area (Å²) in [4.78, 5) is 0. The summed E-state index contributed by atoms with van der Waals surface area (Å²) in [7, 11) is 1.75. The summed E-state index contributed by atoms with van der Waals surface area (Å²) in [6, 6.07) is 9.05. The van der Waals surface area contributed by atoms with Crippen molar-refractivity contribution in [1.29, 1.82) is 0 Å². The summed E-state index contributed by atoms with van der Waals surface area (Å²) in [5.41, 5.74) is 9.07. The molecule has 0 spiro atoms. The van der Waals surface area contributed by atoms with Crippen LogP contribution in [0.5, 0.6) is 0 Å². The molecule has 0 saturated heterocycles. The SMILES string of the molecule is COCCc1ccc(C(N)CC2CC3CCC2C3)cc1. The molecule has 4 atom stereocenters. The third kappa shape index (κ3) is 3.07. The maximum atomic E-state index is 6.43. The Morgan fingerprint density at radius 3 is 2.60 bits per heavy atom. The van der Waals surface area contributed by atoms with Crippen molar-refractivity contribution in [3.8, 4) is 0 Å². The van der Waals surface area contributed by atoms with E-state index in [0.29, 0.717) is 0 Å². The Kier molecular flexibility index (Phi) is 4.42. The Bertz CT molecular complexity index is 428. The molecule has 2 aliphatic carbocycles. The molecular weight excluding hydrogens is 246 g/mol. The molecule has 0 heterocycles. The number of hydrogen-bond donors (Lipinski definition) is 1. The van der Waals surface area contributed by atoms with Gasteiger partial charge in [0, 0.05) is 13.2 Å². The molecule has 2 heteroatoms. The van der Waals surface area contributed by atoms with Gasteiger partial charge in [0.05, 0.1) is 6.61 Å². The molecule has 2 saturated carbocycles. The molecule has 4 unspecified atom stereocenters. The lowest BCUT2D eigenvalue weighted by atomic mass is 9.83. The van der Waals surface area contributed by atoms with Gasteiger partial charge < -0.3 is 10.5 Å². The molecule has 110 valence electrons. The molecule has 2 nitrogen and oxygen atoms in total. The first-order valence-corrected chi connectivity index (χ1v) is 8.09. The van der Waals surface area contributed by atoms with Gasteiger partial charge in [0.1, 0.15) is 0 Å². The minimum atomic E-state index is 0.218. The van der Waals surface area contributed by atoms with E-state index in [1.807, 2.05) is 0 Å². The van der Waals surface area contributed by atoms with E-state index in [-0.39, 0.29) is 6.04 Å². The van der Waals surface area contributed by atoms with Crippen LogP contribution in [-0.4, -0.2) is 13.7 Å². The van der Waals surface area contributed by atoms with E-state index in [2.05, 4.69) is 24.3 Å². The van der Waals surface area contributed by atoms with E-state index in [0.717, 1.165) is 30.8 Å². The highest BCUT2D eigenvalue weighted by Gasteiger charge is 2.39. The van der Waals surface area contributed by atoms with Crippen molar-refractivity contribution in [2.45, 2.75) is 44.6 Å². The Hall–Kier alpha value is -0.860. The van der Waals surface area contributed by atoms with Crippen LogP contribution in [0.3, 0.4) is 0 Å². The molecule has 3 rings (SSSR count). The van der Waals surface area contributed by atoms with Crippen molar-refractivity contribution in [3.63, 3.8) is 0 Å². The molecule has 2 fully saturated rings. The molecule has 1 aromatic carbocycles. The maximum absolute atomic E-state index is 6.43. The summed E-state index contributed by atoms with van der Waals surface area (Å²) < 4.78 is 5.12. The average Bonchev–Trinajstić information content (AvgIpc) is 3.08. The average molecular weight is 273 g/mol. The Balaban J connectivity index is 1.55. The van der Waals surface area contributed by atoms with E-state index in [9.17, 15) is 0 Å². The maximum Gasteiger partial charge on any atom is 0.0502 e. The van der Waals surface area contributed by atoms with Gasteiger partial charge in [0.2, 0.25) is 0 Å². The highest BCUT2D eigenvalue weighted by atomic mass is 16.5. The highest BCUT2D eigenvalue weighted by molar-refractivity contribution is 5.25. The monoisotopic (exact) mass is 273 g/mol. The molecule has 0 aliphatic heterocycles. The molecule has 2 N–H and O–H groups in total. The number of methoxy groups -OCH3 is 1. The highest BCUT2D eigenvalue weighted by Crippen LogP contribution is 2.50. The second-order valence-electron chi connectivity index (χ2n) is 6.76. The van der Waals surface area contributed by atoms with E-state index in [4.69, 9.17) is 10.5 Å². The van der Waals surface area contributed by atoms with Crippen LogP contribution in [0.4, 0.5) is 0 Å². The van der Waals surface area contributed by atoms with Crippen LogP contribution >= 0.6 is 0 Å². The van der Waals surface area contributed by atoms with Gasteiger partial charge in [-0.3, -0.25) is 0 Å². The van der Waals surface area contributed by atoms with Crippen molar-refractivity contribution in [3.05, 3.63) is 35.4 Å². The second kappa shape index (κ2) is 6.28. The van der Waals surface area contributed by atoms with Gasteiger partial charge in [-0.1, -0.05) is 30.7 Å². The second-order valence-corrected chi connectivity index (χ2v) is 6.76. The number of hydrogen-bond acceptors (Lipinski definition) is 2. The molecule has 2 aliphatic rings. The van der Waals surface area contributed by atoms with Crippen LogP contribution < -0.4 is 5.73 Å². The zero-order valence-electron chi connectivity index (χ0n) is 12.6. The standard InChI is InChI=1S/C18H27NO/c1-20-9-8-13-2-5-15(6-3-13)18(19)12-17-11-14-4-7-16(17)10-14/h2-3,5-6,14,16-18H,4,7-12,19H2,1H3. The third-order valence-corrected chi connectivity index (χ3v) is 5.44. The molecule has 1 aromatic rings. The van der Waals surface area contributed by atoms with Gasteiger partial charge in [-0.25, -0.2) is 0 Å². The fourth-order valence-corrected chi connectivity index (χ4v) is 4.28. The smallest absolute Gasteiger partial charge is 0.0502 e. The van der Waals surface area contributed by atoms with Gasteiger partial charge in [-0.2, -0.15) is 0 Å². The molecule has 0 amide bonds. The van der Waals surface area contributed by atoms with E-state index in [1.165, 1.54) is 43.2 Å². The fourth-order valence-electron chi connectivity index (χ4n) is 4.28. The first-order chi connectivity index (χ1) is 9.76. The van der Waals surface area contributed by atoms with Crippen LogP contribution in [0, 0.1) is 17.8 Å². The van der Waals surface area contributed by atoms with Crippen LogP contribution in [-0.2, 0) is 11.2 Å². The van der Waals surface area contributed by atoms with E-state index < -0.39 is 0 Å². The summed E-state index contributed by atoms with van der Waals surface area (Å²) in [6.07, 6.45) is 8.01. The lowest BCUT2D eigenvalue weighted by Gasteiger charge is -2.25. The summed E-state index contributed by atoms with van der Waals surface area (Å²) in [5.74, 6) is 2.89. The predicted molar refractivity (Wildman–Crippen MR) is 82.5 cm³/mol. The number of rotatable bonds is 6. The van der Waals surface area contributed by atoms with Crippen LogP contribution in [0.2, 0.25) is 0 Å². The Morgan fingerprint density at radius 2 is 2.00 bits per heavy atom. The molecule has 20 heavy (non-hydrogen) atoms. The lowest BCUT2D eigenvalue weighted by Crippen LogP contribution is -2.19. The predicted octanol–water partition coefficient (Wildman–Crippen LogP) is 3.70. The topological polar surface area (TPSA) is 35.2 Å². The van der Waals surface area contributed by atoms with Gasteiger partial charge in [0.15, 0.2) is 0 Å². The van der Waals surface area contributed by atoms with E-state index in [1.54, 1.807) is 7.11 Å². The van der Waals surface area contributed by atoms with Gasteiger partial charge in [0.25, 0.3) is 0 Å². The van der Waals surface area contributed by atoms with Crippen molar-refractivity contribution >= 4 is 0 Å². The minimum Gasteiger partial charge on any atom is -0.384 e. The van der Waals surface area contributed by atoms with Gasteiger partial charge in [-0.15, -0.1) is 0 Å². The number of fused-ring (bicyclic) bond motifs is 2. The number of nitrogens with two attached hydrogens (primary N) is 1. The van der Waals surface area contributed by atoms with Crippen LogP contribution in [0.15, 0.2) is 24.3 Å². The van der Waals surface area contributed by atoms with Crippen molar-refractivity contribution < 1.29 is 4.74 Å². The van der Waals surface area contributed by atoms with Crippen LogP contribution in [0.25, 0.3) is 0 Å². The number of benzene rings is 1. The quantitative estimate of drug-likeness (QED) is 0.857. The largest absolute Gasteiger partial charge is 0.384 e. The zero-order chi connectivity index (χ0) is 13.9. The van der Waals surface area contributed by atoms with Gasteiger partial charge in [-0.05, 0) is 61.0 Å². The van der Waals surface area contributed by atoms with E-state index >= 15 is 0 Å². The van der Waals surface area contributed by atoms with Crippen molar-refractivity contribution in [1.82, 2.24) is 0 Å². The van der Waals surface area contributed by atoms with Crippen molar-refractivity contribution in [2.75, 3.05) is 13.7 Å². The summed E-state index contributed by atoms with van der Waals surface area (Å²) >= 11 is 0. The Morgan fingerprint density at radius 1 is 1.20 bits per heavy atom. The molecular formula is C18H27NO.